The number of nitrogens with zero attached hydrogens (tertiary/aromatic N) is 3. The average Bonchev–Trinajstić information content (AvgIpc) is 2.62. The molecule has 4 heteroatoms. The SMILES string of the molecule is Cc1nn(C)c(C)c1C1C(CN)CCCN1C(C)C. The molecule has 0 spiro atoms. The molecule has 1 fully saturated rings. The molecule has 19 heavy (non-hydrogen) atoms. The van der Waals surface area contributed by atoms with Crippen LogP contribution in [0.3, 0.4) is 0 Å². The van der Waals surface area contributed by atoms with Gasteiger partial charge in [-0.3, -0.25) is 9.58 Å². The molecular formula is C15H28N4. The van der Waals surface area contributed by atoms with E-state index in [0.717, 1.165) is 12.2 Å². The van der Waals surface area contributed by atoms with E-state index in [9.17, 15) is 0 Å². The van der Waals surface area contributed by atoms with Crippen molar-refractivity contribution in [1.82, 2.24) is 14.7 Å². The highest BCUT2D eigenvalue weighted by Gasteiger charge is 2.36. The molecule has 4 nitrogen and oxygen atoms in total. The van der Waals surface area contributed by atoms with Crippen LogP contribution in [0.5, 0.6) is 0 Å². The van der Waals surface area contributed by atoms with Crippen molar-refractivity contribution >= 4 is 0 Å². The second-order valence-electron chi connectivity index (χ2n) is 6.12. The van der Waals surface area contributed by atoms with Crippen molar-refractivity contribution in [3.8, 4) is 0 Å². The van der Waals surface area contributed by atoms with Gasteiger partial charge in [0.2, 0.25) is 0 Å². The molecule has 0 amide bonds. The van der Waals surface area contributed by atoms with E-state index in [4.69, 9.17) is 5.73 Å². The van der Waals surface area contributed by atoms with Crippen molar-refractivity contribution in [2.75, 3.05) is 13.1 Å². The quantitative estimate of drug-likeness (QED) is 0.910. The number of piperidine rings is 1. The van der Waals surface area contributed by atoms with Crippen molar-refractivity contribution in [2.24, 2.45) is 18.7 Å². The van der Waals surface area contributed by atoms with Gasteiger partial charge in [-0.25, -0.2) is 0 Å². The van der Waals surface area contributed by atoms with Crippen molar-refractivity contribution < 1.29 is 0 Å². The number of nitrogens with two attached hydrogens (primary N) is 1. The first-order chi connectivity index (χ1) is 8.97. The Bertz CT molecular complexity index is 436. The van der Waals surface area contributed by atoms with Crippen LogP contribution in [0.2, 0.25) is 0 Å². The Hall–Kier alpha value is -0.870. The first-order valence-corrected chi connectivity index (χ1v) is 7.43. The molecule has 1 aliphatic heterocycles. The maximum atomic E-state index is 6.05. The van der Waals surface area contributed by atoms with Gasteiger partial charge in [-0.15, -0.1) is 0 Å². The zero-order chi connectivity index (χ0) is 14.2. The fraction of sp³-hybridized carbons (Fsp3) is 0.800. The molecule has 1 aromatic rings. The Labute approximate surface area is 117 Å². The van der Waals surface area contributed by atoms with Crippen LogP contribution in [0.4, 0.5) is 0 Å². The van der Waals surface area contributed by atoms with Gasteiger partial charge < -0.3 is 5.73 Å². The normalized spacial score (nSPS) is 25.2. The predicted molar refractivity (Wildman–Crippen MR) is 79.0 cm³/mol. The Kier molecular flexibility index (Phi) is 4.31. The van der Waals surface area contributed by atoms with Gasteiger partial charge in [-0.2, -0.15) is 5.10 Å². The lowest BCUT2D eigenvalue weighted by molar-refractivity contribution is 0.0657. The first kappa shape index (κ1) is 14.5. The molecule has 0 aliphatic carbocycles. The molecule has 2 heterocycles. The summed E-state index contributed by atoms with van der Waals surface area (Å²) in [5.41, 5.74) is 9.90. The van der Waals surface area contributed by atoms with Crippen LogP contribution in [-0.2, 0) is 7.05 Å². The van der Waals surface area contributed by atoms with Crippen LogP contribution in [0.1, 0.15) is 49.7 Å². The van der Waals surface area contributed by atoms with Gasteiger partial charge in [0.15, 0.2) is 0 Å². The Balaban J connectivity index is 2.45. The zero-order valence-electron chi connectivity index (χ0n) is 13.0. The van der Waals surface area contributed by atoms with Gasteiger partial charge in [0.1, 0.15) is 0 Å². The van der Waals surface area contributed by atoms with Gasteiger partial charge in [0, 0.05) is 30.4 Å². The molecule has 2 unspecified atom stereocenters. The number of rotatable bonds is 3. The van der Waals surface area contributed by atoms with Crippen LogP contribution in [0.15, 0.2) is 0 Å². The highest BCUT2D eigenvalue weighted by atomic mass is 15.3. The maximum Gasteiger partial charge on any atom is 0.0644 e. The Morgan fingerprint density at radius 3 is 2.53 bits per heavy atom. The standard InChI is InChI=1S/C15H28N4/c1-10(2)19-8-6-7-13(9-16)15(19)14-11(3)17-18(5)12(14)4/h10,13,15H,6-9,16H2,1-5H3. The van der Waals surface area contributed by atoms with Crippen molar-refractivity contribution in [3.05, 3.63) is 17.0 Å². The number of aromatic nitrogens is 2. The average molecular weight is 264 g/mol. The minimum absolute atomic E-state index is 0.437. The van der Waals surface area contributed by atoms with Crippen LogP contribution in [-0.4, -0.2) is 33.8 Å². The smallest absolute Gasteiger partial charge is 0.0644 e. The number of aryl methyl sites for hydroxylation is 2. The molecule has 108 valence electrons. The summed E-state index contributed by atoms with van der Waals surface area (Å²) in [6.07, 6.45) is 2.49. The summed E-state index contributed by atoms with van der Waals surface area (Å²) in [5, 5.41) is 4.60. The molecule has 0 saturated carbocycles. The van der Waals surface area contributed by atoms with E-state index in [1.54, 1.807) is 0 Å². The minimum atomic E-state index is 0.437. The third-order valence-corrected chi connectivity index (χ3v) is 4.62. The van der Waals surface area contributed by atoms with E-state index in [1.807, 2.05) is 11.7 Å². The fourth-order valence-corrected chi connectivity index (χ4v) is 3.55. The number of hydrogen-bond donors (Lipinski definition) is 1. The Morgan fingerprint density at radius 1 is 1.37 bits per heavy atom. The highest BCUT2D eigenvalue weighted by Crippen LogP contribution is 2.39. The molecule has 0 bridgehead atoms. The zero-order valence-corrected chi connectivity index (χ0v) is 13.0. The van der Waals surface area contributed by atoms with Crippen LogP contribution in [0.25, 0.3) is 0 Å². The molecule has 1 saturated heterocycles. The van der Waals surface area contributed by atoms with Gasteiger partial charge >= 0.3 is 0 Å². The highest BCUT2D eigenvalue weighted by molar-refractivity contribution is 5.29. The summed E-state index contributed by atoms with van der Waals surface area (Å²) in [6.45, 7) is 10.8. The van der Waals surface area contributed by atoms with Gasteiger partial charge in [-0.1, -0.05) is 0 Å². The topological polar surface area (TPSA) is 47.1 Å². The Morgan fingerprint density at radius 2 is 2.05 bits per heavy atom. The molecule has 1 aromatic heterocycles. The van der Waals surface area contributed by atoms with E-state index in [2.05, 4.69) is 37.7 Å². The maximum absolute atomic E-state index is 6.05. The van der Waals surface area contributed by atoms with E-state index >= 15 is 0 Å². The van der Waals surface area contributed by atoms with Crippen molar-refractivity contribution in [1.29, 1.82) is 0 Å². The minimum Gasteiger partial charge on any atom is -0.330 e. The first-order valence-electron chi connectivity index (χ1n) is 7.43. The summed E-state index contributed by atoms with van der Waals surface area (Å²) in [6, 6.07) is 0.991. The van der Waals surface area contributed by atoms with E-state index in [0.29, 0.717) is 18.0 Å². The molecular weight excluding hydrogens is 236 g/mol. The van der Waals surface area contributed by atoms with Gasteiger partial charge in [-0.05, 0) is 59.5 Å². The lowest BCUT2D eigenvalue weighted by atomic mass is 9.83. The summed E-state index contributed by atoms with van der Waals surface area (Å²) in [5.74, 6) is 0.553. The largest absolute Gasteiger partial charge is 0.330 e. The molecule has 0 radical (unpaired) electrons. The summed E-state index contributed by atoms with van der Waals surface area (Å²) in [4.78, 5) is 2.61. The van der Waals surface area contributed by atoms with Crippen LogP contribution < -0.4 is 5.73 Å². The predicted octanol–water partition coefficient (Wildman–Crippen LogP) is 2.16. The molecule has 0 aromatic carbocycles. The third-order valence-electron chi connectivity index (χ3n) is 4.62. The second-order valence-corrected chi connectivity index (χ2v) is 6.12. The molecule has 2 atom stereocenters. The number of likely N-dealkylation sites (tertiary alicyclic amines) is 1. The summed E-state index contributed by atoms with van der Waals surface area (Å²) < 4.78 is 2.01. The molecule has 2 rings (SSSR count). The van der Waals surface area contributed by atoms with Crippen molar-refractivity contribution in [2.45, 2.75) is 52.6 Å². The summed E-state index contributed by atoms with van der Waals surface area (Å²) in [7, 11) is 2.03. The van der Waals surface area contributed by atoms with E-state index < -0.39 is 0 Å². The molecule has 2 N–H and O–H groups in total. The van der Waals surface area contributed by atoms with Crippen molar-refractivity contribution in [3.63, 3.8) is 0 Å². The van der Waals surface area contributed by atoms with E-state index in [1.165, 1.54) is 30.6 Å². The van der Waals surface area contributed by atoms with E-state index in [-0.39, 0.29) is 0 Å². The van der Waals surface area contributed by atoms with Crippen LogP contribution in [0, 0.1) is 19.8 Å². The fourth-order valence-electron chi connectivity index (χ4n) is 3.55. The third kappa shape index (κ3) is 2.56. The molecule has 1 aliphatic rings. The number of hydrogen-bond acceptors (Lipinski definition) is 3. The second kappa shape index (κ2) is 5.63. The van der Waals surface area contributed by atoms with Gasteiger partial charge in [0.05, 0.1) is 5.69 Å². The monoisotopic (exact) mass is 264 g/mol. The summed E-state index contributed by atoms with van der Waals surface area (Å²) >= 11 is 0. The lowest BCUT2D eigenvalue weighted by Gasteiger charge is -2.43. The van der Waals surface area contributed by atoms with Gasteiger partial charge in [0.25, 0.3) is 0 Å². The van der Waals surface area contributed by atoms with Crippen LogP contribution >= 0.6 is 0 Å². The lowest BCUT2D eigenvalue weighted by Crippen LogP contribution is -2.45.